The maximum atomic E-state index is 13.4. The molecule has 1 atom stereocenters. The number of halogens is 2. The molecule has 0 radical (unpaired) electrons. The van der Waals surface area contributed by atoms with Gasteiger partial charge in [0.15, 0.2) is 6.61 Å². The van der Waals surface area contributed by atoms with Gasteiger partial charge in [-0.25, -0.2) is 4.39 Å². The van der Waals surface area contributed by atoms with Gasteiger partial charge in [-0.3, -0.25) is 9.59 Å². The molecule has 1 aliphatic carbocycles. The molecular formula is C27H34BrFN2O3. The minimum atomic E-state index is -0.631. The van der Waals surface area contributed by atoms with E-state index in [1.54, 1.807) is 17.0 Å². The maximum absolute atomic E-state index is 13.4. The summed E-state index contributed by atoms with van der Waals surface area (Å²) in [5.41, 5.74) is 1.92. The van der Waals surface area contributed by atoms with Gasteiger partial charge in [0.05, 0.1) is 4.47 Å². The number of carbonyl (C=O) groups excluding carboxylic acids is 2. The molecule has 2 amide bonds. The zero-order valence-electron chi connectivity index (χ0n) is 20.0. The monoisotopic (exact) mass is 532 g/mol. The van der Waals surface area contributed by atoms with Crippen LogP contribution in [-0.2, 0) is 22.6 Å². The second-order valence-corrected chi connectivity index (χ2v) is 9.68. The van der Waals surface area contributed by atoms with Crippen LogP contribution in [0.3, 0.4) is 0 Å². The largest absolute Gasteiger partial charge is 0.483 e. The van der Waals surface area contributed by atoms with Crippen molar-refractivity contribution in [3.05, 3.63) is 63.9 Å². The van der Waals surface area contributed by atoms with Gasteiger partial charge in [-0.1, -0.05) is 51.3 Å². The number of benzene rings is 2. The molecule has 3 rings (SSSR count). The Kier molecular flexibility index (Phi) is 9.93. The van der Waals surface area contributed by atoms with E-state index in [-0.39, 0.29) is 36.8 Å². The third-order valence-electron chi connectivity index (χ3n) is 6.36. The molecular weight excluding hydrogens is 499 g/mol. The first-order valence-electron chi connectivity index (χ1n) is 12.2. The van der Waals surface area contributed by atoms with Gasteiger partial charge < -0.3 is 15.0 Å². The number of nitrogens with zero attached hydrogens (tertiary/aromatic N) is 1. The van der Waals surface area contributed by atoms with E-state index in [2.05, 4.69) is 28.2 Å². The molecule has 184 valence electrons. The molecule has 1 saturated carbocycles. The Labute approximate surface area is 210 Å². The fourth-order valence-corrected chi connectivity index (χ4v) is 4.89. The first kappa shape index (κ1) is 26.2. The van der Waals surface area contributed by atoms with Gasteiger partial charge in [0.2, 0.25) is 5.91 Å². The average Bonchev–Trinajstić information content (AvgIpc) is 2.84. The summed E-state index contributed by atoms with van der Waals surface area (Å²) in [4.78, 5) is 28.1. The second-order valence-electron chi connectivity index (χ2n) is 8.82. The summed E-state index contributed by atoms with van der Waals surface area (Å²) in [6.45, 7) is 3.98. The number of hydrogen-bond acceptors (Lipinski definition) is 3. The van der Waals surface area contributed by atoms with Crippen LogP contribution in [0.15, 0.2) is 46.9 Å². The Morgan fingerprint density at radius 2 is 1.76 bits per heavy atom. The minimum absolute atomic E-state index is 0.140. The highest BCUT2D eigenvalue weighted by Gasteiger charge is 2.30. The van der Waals surface area contributed by atoms with Gasteiger partial charge in [-0.05, 0) is 77.0 Å². The van der Waals surface area contributed by atoms with Gasteiger partial charge in [0.1, 0.15) is 17.6 Å². The predicted molar refractivity (Wildman–Crippen MR) is 135 cm³/mol. The highest BCUT2D eigenvalue weighted by atomic mass is 79.9. The third kappa shape index (κ3) is 7.29. The topological polar surface area (TPSA) is 58.6 Å². The number of rotatable bonds is 10. The van der Waals surface area contributed by atoms with Crippen LogP contribution in [0.4, 0.5) is 4.39 Å². The highest BCUT2D eigenvalue weighted by Crippen LogP contribution is 2.26. The SMILES string of the molecule is CCc1ccc(OCC(=O)N(Cc2ccc(F)cc2)[C@@H](CC)C(=O)NC2CCCCC2)c(Br)c1. The zero-order valence-corrected chi connectivity index (χ0v) is 21.6. The van der Waals surface area contributed by atoms with Gasteiger partial charge in [0, 0.05) is 12.6 Å². The van der Waals surface area contributed by atoms with Crippen molar-refractivity contribution in [1.29, 1.82) is 0 Å². The van der Waals surface area contributed by atoms with E-state index in [4.69, 9.17) is 4.74 Å². The fraction of sp³-hybridized carbons (Fsp3) is 0.481. The molecule has 1 aliphatic rings. The maximum Gasteiger partial charge on any atom is 0.261 e. The quantitative estimate of drug-likeness (QED) is 0.421. The normalized spacial score (nSPS) is 14.9. The Hall–Kier alpha value is -2.41. The fourth-order valence-electron chi connectivity index (χ4n) is 4.35. The summed E-state index contributed by atoms with van der Waals surface area (Å²) in [6, 6.07) is 11.3. The Morgan fingerprint density at radius 3 is 2.38 bits per heavy atom. The van der Waals surface area contributed by atoms with Crippen molar-refractivity contribution in [3.63, 3.8) is 0 Å². The van der Waals surface area contributed by atoms with Crippen LogP contribution in [0.1, 0.15) is 63.5 Å². The molecule has 0 spiro atoms. The minimum Gasteiger partial charge on any atom is -0.483 e. The molecule has 0 unspecified atom stereocenters. The van der Waals surface area contributed by atoms with Crippen LogP contribution in [0, 0.1) is 5.82 Å². The lowest BCUT2D eigenvalue weighted by molar-refractivity contribution is -0.143. The van der Waals surface area contributed by atoms with Gasteiger partial charge >= 0.3 is 0 Å². The van der Waals surface area contributed by atoms with Crippen molar-refractivity contribution >= 4 is 27.7 Å². The summed E-state index contributed by atoms with van der Waals surface area (Å²) in [5, 5.41) is 3.15. The first-order chi connectivity index (χ1) is 16.4. The lowest BCUT2D eigenvalue weighted by atomic mass is 9.95. The first-order valence-corrected chi connectivity index (χ1v) is 13.0. The number of carbonyl (C=O) groups is 2. The lowest BCUT2D eigenvalue weighted by Crippen LogP contribution is -2.52. The molecule has 0 bridgehead atoms. The van der Waals surface area contributed by atoms with Gasteiger partial charge in [-0.15, -0.1) is 0 Å². The molecule has 7 heteroatoms. The number of ether oxygens (including phenoxy) is 1. The molecule has 0 saturated heterocycles. The van der Waals surface area contributed by atoms with Crippen molar-refractivity contribution < 1.29 is 18.7 Å². The van der Waals surface area contributed by atoms with Crippen LogP contribution < -0.4 is 10.1 Å². The van der Waals surface area contributed by atoms with Crippen LogP contribution in [0.5, 0.6) is 5.75 Å². The average molecular weight is 533 g/mol. The van der Waals surface area contributed by atoms with Crippen molar-refractivity contribution in [2.24, 2.45) is 0 Å². The van der Waals surface area contributed by atoms with Crippen LogP contribution in [-0.4, -0.2) is 35.4 Å². The summed E-state index contributed by atoms with van der Waals surface area (Å²) < 4.78 is 20.0. The Morgan fingerprint density at radius 1 is 1.09 bits per heavy atom. The van der Waals surface area contributed by atoms with Crippen molar-refractivity contribution in [2.45, 2.75) is 77.4 Å². The van der Waals surface area contributed by atoms with Crippen LogP contribution in [0.2, 0.25) is 0 Å². The van der Waals surface area contributed by atoms with Crippen LogP contribution >= 0.6 is 15.9 Å². The molecule has 5 nitrogen and oxygen atoms in total. The van der Waals surface area contributed by atoms with Crippen molar-refractivity contribution in [2.75, 3.05) is 6.61 Å². The van der Waals surface area contributed by atoms with Crippen LogP contribution in [0.25, 0.3) is 0 Å². The number of nitrogens with one attached hydrogen (secondary N) is 1. The third-order valence-corrected chi connectivity index (χ3v) is 6.98. The zero-order chi connectivity index (χ0) is 24.5. The van der Waals surface area contributed by atoms with E-state index in [1.807, 2.05) is 25.1 Å². The molecule has 0 aliphatic heterocycles. The van der Waals surface area contributed by atoms with E-state index >= 15 is 0 Å². The van der Waals surface area contributed by atoms with Gasteiger partial charge in [0.25, 0.3) is 5.91 Å². The number of hydrogen-bond donors (Lipinski definition) is 1. The smallest absolute Gasteiger partial charge is 0.261 e. The summed E-state index contributed by atoms with van der Waals surface area (Å²) in [5.74, 6) is -0.195. The van der Waals surface area contributed by atoms with Gasteiger partial charge in [-0.2, -0.15) is 0 Å². The highest BCUT2D eigenvalue weighted by molar-refractivity contribution is 9.10. The molecule has 0 heterocycles. The Bertz CT molecular complexity index is 961. The molecule has 2 aromatic rings. The van der Waals surface area contributed by atoms with Crippen molar-refractivity contribution in [1.82, 2.24) is 10.2 Å². The summed E-state index contributed by atoms with van der Waals surface area (Å²) >= 11 is 3.51. The number of amides is 2. The number of aryl methyl sites for hydroxylation is 1. The molecule has 1 fully saturated rings. The van der Waals surface area contributed by atoms with E-state index < -0.39 is 6.04 Å². The van der Waals surface area contributed by atoms with Crippen molar-refractivity contribution in [3.8, 4) is 5.75 Å². The van der Waals surface area contributed by atoms with E-state index in [0.29, 0.717) is 12.2 Å². The molecule has 0 aromatic heterocycles. The van der Waals surface area contributed by atoms with E-state index in [1.165, 1.54) is 18.6 Å². The summed E-state index contributed by atoms with van der Waals surface area (Å²) in [6.07, 6.45) is 6.74. The standard InChI is InChI=1S/C27H34BrFN2O3/c1-3-19-12-15-25(23(28)16-19)34-18-26(32)31(17-20-10-13-21(29)14-11-20)24(4-2)27(33)30-22-8-6-5-7-9-22/h10-16,22,24H,3-9,17-18H2,1-2H3,(H,30,33)/t24-/m0/s1. The summed E-state index contributed by atoms with van der Waals surface area (Å²) in [7, 11) is 0. The van der Waals surface area contributed by atoms with E-state index in [0.717, 1.165) is 47.7 Å². The predicted octanol–water partition coefficient (Wildman–Crippen LogP) is 5.79. The lowest BCUT2D eigenvalue weighted by Gasteiger charge is -2.32. The molecule has 34 heavy (non-hydrogen) atoms. The second kappa shape index (κ2) is 12.9. The molecule has 2 aromatic carbocycles. The Balaban J connectivity index is 1.75. The van der Waals surface area contributed by atoms with E-state index in [9.17, 15) is 14.0 Å². The molecule has 1 N–H and O–H groups in total.